The van der Waals surface area contributed by atoms with Gasteiger partial charge in [-0.3, -0.25) is 0 Å². The van der Waals surface area contributed by atoms with Crippen molar-refractivity contribution in [1.29, 1.82) is 0 Å². The highest BCUT2D eigenvalue weighted by Gasteiger charge is 2.16. The molecule has 2 N–H and O–H groups in total. The van der Waals surface area contributed by atoms with Gasteiger partial charge in [0.2, 0.25) is 0 Å². The molecule has 0 radical (unpaired) electrons. The Hall–Kier alpha value is -2.01. The smallest absolute Gasteiger partial charge is 0.341 e. The summed E-state index contributed by atoms with van der Waals surface area (Å²) in [7, 11) is 0. The zero-order valence-electron chi connectivity index (χ0n) is 7.96. The second-order valence-corrected chi connectivity index (χ2v) is 3.52. The molecule has 82 valence electrons. The maximum absolute atomic E-state index is 11.0. The van der Waals surface area contributed by atoms with E-state index >= 15 is 0 Å². The number of benzene rings is 1. The number of carbonyl (C=O) groups is 1. The normalized spacial score (nSPS) is 10.3. The SMILES string of the molecule is O=C(O)c1c(O)cccc1-n1cc(Cl)cn1. The van der Waals surface area contributed by atoms with E-state index < -0.39 is 5.97 Å². The van der Waals surface area contributed by atoms with Crippen LogP contribution in [0.25, 0.3) is 5.69 Å². The van der Waals surface area contributed by atoms with Gasteiger partial charge in [0, 0.05) is 6.20 Å². The van der Waals surface area contributed by atoms with Crippen LogP contribution in [-0.4, -0.2) is 26.0 Å². The summed E-state index contributed by atoms with van der Waals surface area (Å²) in [5.41, 5.74) is 0.0571. The Morgan fingerprint density at radius 1 is 1.44 bits per heavy atom. The largest absolute Gasteiger partial charge is 0.507 e. The molecule has 0 saturated heterocycles. The maximum atomic E-state index is 11.0. The van der Waals surface area contributed by atoms with Gasteiger partial charge in [-0.2, -0.15) is 5.10 Å². The van der Waals surface area contributed by atoms with Crippen molar-refractivity contribution >= 4 is 17.6 Å². The Labute approximate surface area is 95.5 Å². The van der Waals surface area contributed by atoms with Crippen LogP contribution in [0.1, 0.15) is 10.4 Å². The predicted molar refractivity (Wildman–Crippen MR) is 57.2 cm³/mol. The third-order valence-electron chi connectivity index (χ3n) is 2.03. The minimum Gasteiger partial charge on any atom is -0.507 e. The summed E-state index contributed by atoms with van der Waals surface area (Å²) in [6.07, 6.45) is 2.85. The fourth-order valence-electron chi connectivity index (χ4n) is 1.37. The molecular formula is C10H7ClN2O3. The van der Waals surface area contributed by atoms with Gasteiger partial charge in [-0.1, -0.05) is 17.7 Å². The number of rotatable bonds is 2. The van der Waals surface area contributed by atoms with E-state index in [4.69, 9.17) is 16.7 Å². The summed E-state index contributed by atoms with van der Waals surface area (Å²) < 4.78 is 1.30. The van der Waals surface area contributed by atoms with Gasteiger partial charge in [0.15, 0.2) is 0 Å². The Bertz CT molecular complexity index is 551. The van der Waals surface area contributed by atoms with Gasteiger partial charge in [-0.05, 0) is 12.1 Å². The zero-order valence-corrected chi connectivity index (χ0v) is 8.72. The Kier molecular flexibility index (Phi) is 2.54. The van der Waals surface area contributed by atoms with E-state index in [1.165, 1.54) is 35.3 Å². The second kappa shape index (κ2) is 3.86. The lowest BCUT2D eigenvalue weighted by molar-refractivity contribution is 0.0693. The average molecular weight is 239 g/mol. The quantitative estimate of drug-likeness (QED) is 0.838. The number of nitrogens with zero attached hydrogens (tertiary/aromatic N) is 2. The van der Waals surface area contributed by atoms with E-state index in [-0.39, 0.29) is 17.0 Å². The lowest BCUT2D eigenvalue weighted by Gasteiger charge is -2.07. The first-order valence-corrected chi connectivity index (χ1v) is 4.73. The highest BCUT2D eigenvalue weighted by Crippen LogP contribution is 2.24. The van der Waals surface area contributed by atoms with Crippen molar-refractivity contribution in [3.8, 4) is 11.4 Å². The third-order valence-corrected chi connectivity index (χ3v) is 2.23. The minimum absolute atomic E-state index is 0.206. The fraction of sp³-hybridized carbons (Fsp3) is 0. The summed E-state index contributed by atoms with van der Waals surface area (Å²) in [6.45, 7) is 0. The molecule has 6 heteroatoms. The monoisotopic (exact) mass is 238 g/mol. The van der Waals surface area contributed by atoms with Crippen LogP contribution < -0.4 is 0 Å². The number of carboxylic acid groups (broad SMARTS) is 1. The van der Waals surface area contributed by atoms with Gasteiger partial charge in [-0.15, -0.1) is 0 Å². The molecule has 0 bridgehead atoms. The number of aromatic carboxylic acids is 1. The molecule has 2 aromatic rings. The Balaban J connectivity index is 2.65. The lowest BCUT2D eigenvalue weighted by atomic mass is 10.1. The Morgan fingerprint density at radius 2 is 2.19 bits per heavy atom. The summed E-state index contributed by atoms with van der Waals surface area (Å²) in [5.74, 6) is -1.53. The van der Waals surface area contributed by atoms with Crippen molar-refractivity contribution in [2.45, 2.75) is 0 Å². The zero-order chi connectivity index (χ0) is 11.7. The molecule has 0 atom stereocenters. The first-order valence-electron chi connectivity index (χ1n) is 4.35. The average Bonchev–Trinajstić information content (AvgIpc) is 2.63. The number of aromatic hydroxyl groups is 1. The van der Waals surface area contributed by atoms with Gasteiger partial charge < -0.3 is 10.2 Å². The molecule has 16 heavy (non-hydrogen) atoms. The van der Waals surface area contributed by atoms with E-state index in [9.17, 15) is 9.90 Å². The van der Waals surface area contributed by atoms with Gasteiger partial charge in [-0.25, -0.2) is 9.48 Å². The predicted octanol–water partition coefficient (Wildman–Crippen LogP) is 1.93. The van der Waals surface area contributed by atoms with Gasteiger partial charge in [0.05, 0.1) is 16.9 Å². The molecule has 0 amide bonds. The maximum Gasteiger partial charge on any atom is 0.341 e. The molecule has 0 spiro atoms. The second-order valence-electron chi connectivity index (χ2n) is 3.08. The van der Waals surface area contributed by atoms with E-state index in [0.717, 1.165) is 0 Å². The standard InChI is InChI=1S/C10H7ClN2O3/c11-6-4-12-13(5-6)7-2-1-3-8(14)9(7)10(15)16/h1-5,14H,(H,15,16). The van der Waals surface area contributed by atoms with Crippen molar-refractivity contribution in [3.05, 3.63) is 41.2 Å². The summed E-state index contributed by atoms with van der Waals surface area (Å²) in [5, 5.41) is 22.7. The van der Waals surface area contributed by atoms with E-state index in [1.807, 2.05) is 0 Å². The molecule has 1 heterocycles. The highest BCUT2D eigenvalue weighted by atomic mass is 35.5. The van der Waals surface area contributed by atoms with Crippen molar-refractivity contribution in [3.63, 3.8) is 0 Å². The van der Waals surface area contributed by atoms with Crippen LogP contribution in [0.15, 0.2) is 30.6 Å². The summed E-state index contributed by atoms with van der Waals surface area (Å²) >= 11 is 5.69. The minimum atomic E-state index is -1.22. The van der Waals surface area contributed by atoms with Crippen LogP contribution in [0.3, 0.4) is 0 Å². The number of hydrogen-bond donors (Lipinski definition) is 2. The number of halogens is 1. The van der Waals surface area contributed by atoms with Crippen LogP contribution in [0.5, 0.6) is 5.75 Å². The molecule has 0 unspecified atom stereocenters. The summed E-state index contributed by atoms with van der Waals surface area (Å²) in [4.78, 5) is 11.0. The number of hydrogen-bond acceptors (Lipinski definition) is 3. The summed E-state index contributed by atoms with van der Waals surface area (Å²) in [6, 6.07) is 4.37. The van der Waals surface area contributed by atoms with Crippen molar-refractivity contribution in [1.82, 2.24) is 9.78 Å². The van der Waals surface area contributed by atoms with Crippen molar-refractivity contribution in [2.75, 3.05) is 0 Å². The van der Waals surface area contributed by atoms with Crippen LogP contribution >= 0.6 is 11.6 Å². The van der Waals surface area contributed by atoms with Crippen LogP contribution in [-0.2, 0) is 0 Å². The van der Waals surface area contributed by atoms with Crippen LogP contribution in [0.4, 0.5) is 0 Å². The molecule has 0 aliphatic carbocycles. The molecule has 1 aromatic heterocycles. The molecule has 0 aliphatic heterocycles. The van der Waals surface area contributed by atoms with Gasteiger partial charge in [0.25, 0.3) is 0 Å². The molecule has 0 aliphatic rings. The van der Waals surface area contributed by atoms with Crippen molar-refractivity contribution < 1.29 is 15.0 Å². The Morgan fingerprint density at radius 3 is 2.75 bits per heavy atom. The lowest BCUT2D eigenvalue weighted by Crippen LogP contribution is -2.05. The van der Waals surface area contributed by atoms with E-state index in [2.05, 4.69) is 5.10 Å². The first-order chi connectivity index (χ1) is 7.59. The number of carboxylic acids is 1. The van der Waals surface area contributed by atoms with E-state index in [1.54, 1.807) is 0 Å². The van der Waals surface area contributed by atoms with Crippen molar-refractivity contribution in [2.24, 2.45) is 0 Å². The molecule has 5 nitrogen and oxygen atoms in total. The topological polar surface area (TPSA) is 75.3 Å². The fourth-order valence-corrected chi connectivity index (χ4v) is 1.51. The van der Waals surface area contributed by atoms with Gasteiger partial charge in [0.1, 0.15) is 11.3 Å². The molecule has 2 rings (SSSR count). The first kappa shape index (κ1) is 10.5. The number of phenols is 1. The molecule has 0 saturated carbocycles. The third kappa shape index (κ3) is 1.72. The number of aromatic nitrogens is 2. The molecular weight excluding hydrogens is 232 g/mol. The highest BCUT2D eigenvalue weighted by molar-refractivity contribution is 6.30. The van der Waals surface area contributed by atoms with E-state index in [0.29, 0.717) is 5.02 Å². The van der Waals surface area contributed by atoms with Crippen LogP contribution in [0.2, 0.25) is 5.02 Å². The van der Waals surface area contributed by atoms with Gasteiger partial charge >= 0.3 is 5.97 Å². The van der Waals surface area contributed by atoms with Crippen LogP contribution in [0, 0.1) is 0 Å². The molecule has 0 fully saturated rings. The molecule has 1 aromatic carbocycles.